The van der Waals surface area contributed by atoms with E-state index in [1.54, 1.807) is 25.1 Å². The molecule has 0 saturated heterocycles. The van der Waals surface area contributed by atoms with Crippen LogP contribution in [0.25, 0.3) is 5.69 Å². The van der Waals surface area contributed by atoms with Gasteiger partial charge in [-0.15, -0.1) is 0 Å². The largest absolute Gasteiger partial charge is 0.454 e. The van der Waals surface area contributed by atoms with Gasteiger partial charge < -0.3 is 19.5 Å². The van der Waals surface area contributed by atoms with Crippen molar-refractivity contribution >= 4 is 29.2 Å². The number of halogens is 2. The minimum Gasteiger partial charge on any atom is -0.454 e. The molecule has 10 heteroatoms. The zero-order valence-corrected chi connectivity index (χ0v) is 17.3. The van der Waals surface area contributed by atoms with Crippen LogP contribution in [-0.2, 0) is 9.53 Å². The fourth-order valence-corrected chi connectivity index (χ4v) is 3.32. The van der Waals surface area contributed by atoms with E-state index >= 15 is 0 Å². The second-order valence-corrected chi connectivity index (χ2v) is 7.10. The lowest BCUT2D eigenvalue weighted by Crippen LogP contribution is -2.30. The first-order valence-corrected chi connectivity index (χ1v) is 9.64. The molecule has 0 radical (unpaired) electrons. The number of ether oxygens (including phenoxy) is 3. The van der Waals surface area contributed by atoms with Crippen LogP contribution in [0, 0.1) is 12.7 Å². The van der Waals surface area contributed by atoms with E-state index in [9.17, 15) is 14.0 Å². The molecule has 0 aliphatic carbocycles. The highest BCUT2D eigenvalue weighted by Gasteiger charge is 2.26. The van der Waals surface area contributed by atoms with Crippen molar-refractivity contribution in [2.75, 3.05) is 12.1 Å². The number of hydrogen-bond acceptors (Lipinski definition) is 6. The van der Waals surface area contributed by atoms with Gasteiger partial charge in [-0.2, -0.15) is 5.10 Å². The van der Waals surface area contributed by atoms with E-state index in [1.165, 1.54) is 35.9 Å². The molecule has 8 nitrogen and oxygen atoms in total. The maximum absolute atomic E-state index is 13.2. The maximum atomic E-state index is 13.2. The molecular weight excluding hydrogens is 429 g/mol. The lowest BCUT2D eigenvalue weighted by molar-refractivity contribution is -0.123. The van der Waals surface area contributed by atoms with Crippen LogP contribution < -0.4 is 14.8 Å². The smallest absolute Gasteiger partial charge is 0.344 e. The number of nitrogens with one attached hydrogen (secondary N) is 1. The Bertz CT molecular complexity index is 1160. The Morgan fingerprint density at radius 1 is 1.19 bits per heavy atom. The van der Waals surface area contributed by atoms with E-state index in [1.807, 2.05) is 0 Å². The summed E-state index contributed by atoms with van der Waals surface area (Å²) >= 11 is 6.33. The van der Waals surface area contributed by atoms with E-state index in [0.717, 1.165) is 0 Å². The van der Waals surface area contributed by atoms with Crippen LogP contribution in [0.15, 0.2) is 42.5 Å². The van der Waals surface area contributed by atoms with Crippen molar-refractivity contribution in [1.82, 2.24) is 9.78 Å². The average Bonchev–Trinajstić information content (AvgIpc) is 3.31. The SMILES string of the molecule is Cc1nn(-c2ccc(F)cc2)c(Cl)c1C(=O)OC(C)C(=O)Nc1ccc2c(c1)OCO2. The van der Waals surface area contributed by atoms with Gasteiger partial charge in [0.15, 0.2) is 17.6 Å². The standard InChI is InChI=1S/C21H17ClFN3O5/c1-11-18(19(22)26(25-11)15-6-3-13(23)4-7-15)21(28)31-12(2)20(27)24-14-5-8-16-17(9-14)30-10-29-16/h3-9,12H,10H2,1-2H3,(H,24,27). The first-order chi connectivity index (χ1) is 14.8. The number of aryl methyl sites for hydroxylation is 1. The molecule has 1 unspecified atom stereocenters. The first kappa shape index (κ1) is 20.7. The zero-order valence-electron chi connectivity index (χ0n) is 16.5. The summed E-state index contributed by atoms with van der Waals surface area (Å²) in [5.41, 5.74) is 1.27. The molecule has 3 aromatic rings. The number of carbonyl (C=O) groups is 2. The molecule has 1 atom stereocenters. The molecule has 0 saturated carbocycles. The minimum absolute atomic E-state index is 0.00233. The van der Waals surface area contributed by atoms with Crippen molar-refractivity contribution in [2.24, 2.45) is 0 Å². The van der Waals surface area contributed by atoms with E-state index < -0.39 is 23.8 Å². The topological polar surface area (TPSA) is 91.7 Å². The Kier molecular flexibility index (Phi) is 5.51. The number of esters is 1. The number of aromatic nitrogens is 2. The molecule has 2 heterocycles. The van der Waals surface area contributed by atoms with Crippen LogP contribution in [0.4, 0.5) is 10.1 Å². The van der Waals surface area contributed by atoms with Crippen molar-refractivity contribution in [3.8, 4) is 17.2 Å². The number of nitrogens with zero attached hydrogens (tertiary/aromatic N) is 2. The lowest BCUT2D eigenvalue weighted by atomic mass is 10.2. The maximum Gasteiger partial charge on any atom is 0.344 e. The van der Waals surface area contributed by atoms with Crippen molar-refractivity contribution in [3.05, 3.63) is 64.7 Å². The number of carbonyl (C=O) groups excluding carboxylic acids is 2. The van der Waals surface area contributed by atoms with Gasteiger partial charge in [-0.1, -0.05) is 11.6 Å². The monoisotopic (exact) mass is 445 g/mol. The predicted molar refractivity (Wildman–Crippen MR) is 109 cm³/mol. The van der Waals surface area contributed by atoms with Crippen molar-refractivity contribution < 1.29 is 28.2 Å². The van der Waals surface area contributed by atoms with Crippen LogP contribution in [0.2, 0.25) is 5.15 Å². The highest BCUT2D eigenvalue weighted by molar-refractivity contribution is 6.33. The zero-order chi connectivity index (χ0) is 22.1. The number of fused-ring (bicyclic) bond motifs is 1. The molecule has 31 heavy (non-hydrogen) atoms. The molecule has 1 N–H and O–H groups in total. The molecular formula is C21H17ClFN3O5. The predicted octanol–water partition coefficient (Wildman–Crippen LogP) is 3.89. The molecule has 0 spiro atoms. The van der Waals surface area contributed by atoms with E-state index in [4.69, 9.17) is 25.8 Å². The van der Waals surface area contributed by atoms with Crippen LogP contribution in [0.3, 0.4) is 0 Å². The summed E-state index contributed by atoms with van der Waals surface area (Å²) in [6.07, 6.45) is -1.11. The third-order valence-corrected chi connectivity index (χ3v) is 4.92. The fraction of sp³-hybridized carbons (Fsp3) is 0.190. The molecule has 1 amide bonds. The minimum atomic E-state index is -1.11. The van der Waals surface area contributed by atoms with Gasteiger partial charge in [-0.25, -0.2) is 13.9 Å². The Labute approximate surface area is 181 Å². The Morgan fingerprint density at radius 2 is 1.90 bits per heavy atom. The van der Waals surface area contributed by atoms with E-state index in [0.29, 0.717) is 28.6 Å². The summed E-state index contributed by atoms with van der Waals surface area (Å²) < 4.78 is 30.3. The molecule has 2 aromatic carbocycles. The Morgan fingerprint density at radius 3 is 2.65 bits per heavy atom. The van der Waals surface area contributed by atoms with Gasteiger partial charge in [-0.3, -0.25) is 4.79 Å². The Balaban J connectivity index is 1.46. The van der Waals surface area contributed by atoms with E-state index in [2.05, 4.69) is 10.4 Å². The molecule has 1 aromatic heterocycles. The third kappa shape index (κ3) is 4.17. The quantitative estimate of drug-likeness (QED) is 0.599. The van der Waals surface area contributed by atoms with Gasteiger partial charge in [-0.05, 0) is 50.2 Å². The van der Waals surface area contributed by atoms with Crippen molar-refractivity contribution in [3.63, 3.8) is 0 Å². The highest BCUT2D eigenvalue weighted by Crippen LogP contribution is 2.34. The normalized spacial score (nSPS) is 13.0. The summed E-state index contributed by atoms with van der Waals surface area (Å²) in [4.78, 5) is 25.1. The number of benzene rings is 2. The van der Waals surface area contributed by atoms with Gasteiger partial charge in [0.2, 0.25) is 6.79 Å². The number of rotatable bonds is 5. The van der Waals surface area contributed by atoms with Crippen molar-refractivity contribution in [2.45, 2.75) is 20.0 Å². The first-order valence-electron chi connectivity index (χ1n) is 9.26. The Hall–Kier alpha value is -3.59. The highest BCUT2D eigenvalue weighted by atomic mass is 35.5. The van der Waals surface area contributed by atoms with E-state index in [-0.39, 0.29) is 17.5 Å². The van der Waals surface area contributed by atoms with Crippen LogP contribution >= 0.6 is 11.6 Å². The van der Waals surface area contributed by atoms with Crippen LogP contribution in [0.5, 0.6) is 11.5 Å². The third-order valence-electron chi connectivity index (χ3n) is 4.57. The molecule has 0 bridgehead atoms. The molecule has 0 fully saturated rings. The summed E-state index contributed by atoms with van der Waals surface area (Å²) in [6, 6.07) is 10.4. The van der Waals surface area contributed by atoms with Gasteiger partial charge in [0.05, 0.1) is 11.4 Å². The fourth-order valence-electron chi connectivity index (χ4n) is 2.98. The lowest BCUT2D eigenvalue weighted by Gasteiger charge is -2.14. The van der Waals surface area contributed by atoms with Gasteiger partial charge >= 0.3 is 5.97 Å². The number of hydrogen-bond donors (Lipinski definition) is 1. The van der Waals surface area contributed by atoms with Gasteiger partial charge in [0.1, 0.15) is 16.5 Å². The summed E-state index contributed by atoms with van der Waals surface area (Å²) in [6.45, 7) is 3.14. The van der Waals surface area contributed by atoms with Crippen molar-refractivity contribution in [1.29, 1.82) is 0 Å². The summed E-state index contributed by atoms with van der Waals surface area (Å²) in [7, 11) is 0. The second kappa shape index (κ2) is 8.27. The molecule has 1 aliphatic rings. The molecule has 4 rings (SSSR count). The molecule has 1 aliphatic heterocycles. The second-order valence-electron chi connectivity index (χ2n) is 6.74. The number of amides is 1. The van der Waals surface area contributed by atoms with Crippen LogP contribution in [-0.4, -0.2) is 34.6 Å². The summed E-state index contributed by atoms with van der Waals surface area (Å²) in [5.74, 6) is -0.652. The van der Waals surface area contributed by atoms with Gasteiger partial charge in [0.25, 0.3) is 5.91 Å². The van der Waals surface area contributed by atoms with Gasteiger partial charge in [0, 0.05) is 11.8 Å². The summed E-state index contributed by atoms with van der Waals surface area (Å²) in [5, 5.41) is 6.87. The molecule has 160 valence electrons. The number of anilines is 1. The van der Waals surface area contributed by atoms with Crippen LogP contribution in [0.1, 0.15) is 23.0 Å². The average molecular weight is 446 g/mol.